The third-order valence-corrected chi connectivity index (χ3v) is 4.69. The third kappa shape index (κ3) is 4.20. The number of hydrogen-bond donors (Lipinski definition) is 1. The number of rotatable bonds is 8. The lowest BCUT2D eigenvalue weighted by Crippen LogP contribution is -2.40. The Morgan fingerprint density at radius 3 is 2.58 bits per heavy atom. The minimum absolute atomic E-state index is 0.0162. The monoisotopic (exact) mass is 269 g/mol. The van der Waals surface area contributed by atoms with Gasteiger partial charge in [0.05, 0.1) is 12.0 Å². The number of ether oxygens (including phenoxy) is 1. The van der Waals surface area contributed by atoms with Crippen molar-refractivity contribution >= 4 is 5.97 Å². The van der Waals surface area contributed by atoms with E-state index in [1.54, 1.807) is 0 Å². The van der Waals surface area contributed by atoms with Crippen molar-refractivity contribution in [1.29, 1.82) is 0 Å². The number of esters is 1. The molecule has 2 unspecified atom stereocenters. The first kappa shape index (κ1) is 16.5. The number of carbonyl (C=O) groups excluding carboxylic acids is 1. The highest BCUT2D eigenvalue weighted by Crippen LogP contribution is 2.35. The molecule has 1 fully saturated rings. The minimum atomic E-state index is -0.289. The van der Waals surface area contributed by atoms with Gasteiger partial charge in [0.15, 0.2) is 0 Å². The highest BCUT2D eigenvalue weighted by Gasteiger charge is 2.45. The largest absolute Gasteiger partial charge is 0.465 e. The minimum Gasteiger partial charge on any atom is -0.465 e. The van der Waals surface area contributed by atoms with Crippen molar-refractivity contribution in [2.45, 2.75) is 59.8 Å². The maximum absolute atomic E-state index is 12.4. The highest BCUT2D eigenvalue weighted by molar-refractivity contribution is 5.78. The number of hydrogen-bond acceptors (Lipinski definition) is 3. The maximum atomic E-state index is 12.4. The van der Waals surface area contributed by atoms with Crippen LogP contribution in [0.3, 0.4) is 0 Å². The molecule has 0 amide bonds. The van der Waals surface area contributed by atoms with Crippen LogP contribution in [-0.2, 0) is 9.53 Å². The molecular formula is C16H31NO2. The van der Waals surface area contributed by atoms with Gasteiger partial charge in [0, 0.05) is 6.54 Å². The summed E-state index contributed by atoms with van der Waals surface area (Å²) in [5.74, 6) is 0.885. The molecule has 1 aliphatic rings. The summed E-state index contributed by atoms with van der Waals surface area (Å²) in [5, 5.41) is 3.31. The van der Waals surface area contributed by atoms with Crippen molar-refractivity contribution in [2.24, 2.45) is 17.3 Å². The second-order valence-corrected chi connectivity index (χ2v) is 6.25. The summed E-state index contributed by atoms with van der Waals surface area (Å²) in [6.45, 7) is 10.9. The van der Waals surface area contributed by atoms with Crippen molar-refractivity contribution < 1.29 is 9.53 Å². The van der Waals surface area contributed by atoms with E-state index < -0.39 is 0 Å². The van der Waals surface area contributed by atoms with Gasteiger partial charge in [-0.3, -0.25) is 4.79 Å². The Kier molecular flexibility index (Phi) is 6.84. The molecule has 1 saturated heterocycles. The lowest BCUT2D eigenvalue weighted by atomic mass is 9.76. The molecule has 0 radical (unpaired) electrons. The summed E-state index contributed by atoms with van der Waals surface area (Å²) < 4.78 is 5.66. The molecule has 0 bridgehead atoms. The molecule has 0 spiro atoms. The molecule has 1 aliphatic heterocycles. The fourth-order valence-electron chi connectivity index (χ4n) is 2.85. The van der Waals surface area contributed by atoms with Gasteiger partial charge in [-0.2, -0.15) is 0 Å². The van der Waals surface area contributed by atoms with Gasteiger partial charge in [-0.1, -0.05) is 47.0 Å². The molecule has 0 aliphatic carbocycles. The van der Waals surface area contributed by atoms with Gasteiger partial charge in [-0.05, 0) is 31.2 Å². The lowest BCUT2D eigenvalue weighted by Gasteiger charge is -2.30. The second kappa shape index (κ2) is 7.88. The van der Waals surface area contributed by atoms with E-state index in [-0.39, 0.29) is 11.4 Å². The molecule has 0 saturated carbocycles. The normalized spacial score (nSPS) is 24.7. The standard InChI is InChI=1S/C16H31NO2/c1-5-7-8-14(6-2)11-19-15(18)16(13(3)4)9-10-17-12-16/h13-14,17H,5-12H2,1-4H3. The smallest absolute Gasteiger partial charge is 0.313 e. The Morgan fingerprint density at radius 2 is 2.11 bits per heavy atom. The first-order valence-corrected chi connectivity index (χ1v) is 7.94. The van der Waals surface area contributed by atoms with Gasteiger partial charge in [-0.25, -0.2) is 0 Å². The predicted molar refractivity (Wildman–Crippen MR) is 79.0 cm³/mol. The van der Waals surface area contributed by atoms with Gasteiger partial charge >= 0.3 is 5.97 Å². The molecule has 0 aromatic heterocycles. The average Bonchev–Trinajstić information content (AvgIpc) is 2.89. The highest BCUT2D eigenvalue weighted by atomic mass is 16.5. The van der Waals surface area contributed by atoms with E-state index in [9.17, 15) is 4.79 Å². The first-order valence-electron chi connectivity index (χ1n) is 7.94. The van der Waals surface area contributed by atoms with E-state index >= 15 is 0 Å². The lowest BCUT2D eigenvalue weighted by molar-refractivity contribution is -0.159. The second-order valence-electron chi connectivity index (χ2n) is 6.25. The summed E-state index contributed by atoms with van der Waals surface area (Å²) in [5.41, 5.74) is -0.289. The van der Waals surface area contributed by atoms with Crippen molar-refractivity contribution in [3.8, 4) is 0 Å². The molecule has 3 nitrogen and oxygen atoms in total. The summed E-state index contributed by atoms with van der Waals surface area (Å²) in [4.78, 5) is 12.4. The van der Waals surface area contributed by atoms with Crippen LogP contribution < -0.4 is 5.32 Å². The van der Waals surface area contributed by atoms with Gasteiger partial charge < -0.3 is 10.1 Å². The van der Waals surface area contributed by atoms with E-state index in [2.05, 4.69) is 33.0 Å². The third-order valence-electron chi connectivity index (χ3n) is 4.69. The fourth-order valence-corrected chi connectivity index (χ4v) is 2.85. The molecular weight excluding hydrogens is 238 g/mol. The van der Waals surface area contributed by atoms with Gasteiger partial charge in [0.1, 0.15) is 0 Å². The van der Waals surface area contributed by atoms with Crippen molar-refractivity contribution in [3.05, 3.63) is 0 Å². The van der Waals surface area contributed by atoms with Gasteiger partial charge in [-0.15, -0.1) is 0 Å². The number of carbonyl (C=O) groups is 1. The Bertz CT molecular complexity index is 270. The zero-order chi connectivity index (χ0) is 14.3. The molecule has 19 heavy (non-hydrogen) atoms. The Hall–Kier alpha value is -0.570. The van der Waals surface area contributed by atoms with Crippen LogP contribution in [0, 0.1) is 17.3 Å². The quantitative estimate of drug-likeness (QED) is 0.686. The fraction of sp³-hybridized carbons (Fsp3) is 0.938. The maximum Gasteiger partial charge on any atom is 0.313 e. The average molecular weight is 269 g/mol. The Labute approximate surface area is 118 Å². The SMILES string of the molecule is CCCCC(CC)COC(=O)C1(C(C)C)CCNC1. The van der Waals surface area contributed by atoms with Crippen LogP contribution in [0.15, 0.2) is 0 Å². The molecule has 0 aromatic carbocycles. The van der Waals surface area contributed by atoms with Gasteiger partial charge in [0.2, 0.25) is 0 Å². The summed E-state index contributed by atoms with van der Waals surface area (Å²) in [7, 11) is 0. The van der Waals surface area contributed by atoms with Crippen molar-refractivity contribution in [1.82, 2.24) is 5.32 Å². The predicted octanol–water partition coefficient (Wildman–Crippen LogP) is 3.38. The molecule has 1 N–H and O–H groups in total. The summed E-state index contributed by atoms with van der Waals surface area (Å²) >= 11 is 0. The number of unbranched alkanes of at least 4 members (excludes halogenated alkanes) is 1. The van der Waals surface area contributed by atoms with Crippen LogP contribution in [0.4, 0.5) is 0 Å². The molecule has 1 heterocycles. The van der Waals surface area contributed by atoms with Crippen LogP contribution in [-0.4, -0.2) is 25.7 Å². The van der Waals surface area contributed by atoms with Crippen LogP contribution in [0.25, 0.3) is 0 Å². The van der Waals surface area contributed by atoms with E-state index in [1.807, 2.05) is 0 Å². The van der Waals surface area contributed by atoms with Crippen LogP contribution in [0.5, 0.6) is 0 Å². The van der Waals surface area contributed by atoms with E-state index in [1.165, 1.54) is 19.3 Å². The molecule has 3 heteroatoms. The van der Waals surface area contributed by atoms with Crippen LogP contribution in [0.1, 0.15) is 59.8 Å². The number of nitrogens with one attached hydrogen (secondary N) is 1. The van der Waals surface area contributed by atoms with Crippen molar-refractivity contribution in [3.63, 3.8) is 0 Å². The van der Waals surface area contributed by atoms with E-state index in [0.717, 1.165) is 25.9 Å². The molecule has 2 atom stereocenters. The van der Waals surface area contributed by atoms with Gasteiger partial charge in [0.25, 0.3) is 0 Å². The summed E-state index contributed by atoms with van der Waals surface area (Å²) in [6, 6.07) is 0. The zero-order valence-corrected chi connectivity index (χ0v) is 13.1. The first-order chi connectivity index (χ1) is 9.06. The zero-order valence-electron chi connectivity index (χ0n) is 13.1. The summed E-state index contributed by atoms with van der Waals surface area (Å²) in [6.07, 6.45) is 5.62. The topological polar surface area (TPSA) is 38.3 Å². The molecule has 1 rings (SSSR count). The van der Waals surface area contributed by atoms with E-state index in [0.29, 0.717) is 18.4 Å². The Morgan fingerprint density at radius 1 is 1.37 bits per heavy atom. The van der Waals surface area contributed by atoms with Crippen LogP contribution in [0.2, 0.25) is 0 Å². The molecule has 112 valence electrons. The van der Waals surface area contributed by atoms with E-state index in [4.69, 9.17) is 4.74 Å². The Balaban J connectivity index is 2.48. The van der Waals surface area contributed by atoms with Crippen molar-refractivity contribution in [2.75, 3.05) is 19.7 Å². The van der Waals surface area contributed by atoms with Crippen LogP contribution >= 0.6 is 0 Å². The molecule has 0 aromatic rings.